The van der Waals surface area contributed by atoms with Gasteiger partial charge < -0.3 is 4.74 Å². The van der Waals surface area contributed by atoms with E-state index in [1.54, 1.807) is 0 Å². The van der Waals surface area contributed by atoms with Crippen molar-refractivity contribution in [2.75, 3.05) is 0 Å². The van der Waals surface area contributed by atoms with Gasteiger partial charge in [0.05, 0.1) is 0 Å². The maximum absolute atomic E-state index is 6.60. The maximum Gasteiger partial charge on any atom is 0.135 e. The van der Waals surface area contributed by atoms with E-state index in [1.807, 2.05) is 0 Å². The van der Waals surface area contributed by atoms with Gasteiger partial charge in [-0.25, -0.2) is 0 Å². The topological polar surface area (TPSA) is 9.23 Å². The van der Waals surface area contributed by atoms with Crippen LogP contribution in [-0.4, -0.2) is 0 Å². The van der Waals surface area contributed by atoms with Crippen LogP contribution < -0.4 is 4.74 Å². The van der Waals surface area contributed by atoms with Crippen LogP contribution in [0.5, 0.6) is 11.5 Å². The number of hydrogen-bond donors (Lipinski definition) is 0. The molecule has 1 aliphatic carbocycles. The lowest BCUT2D eigenvalue weighted by molar-refractivity contribution is 0.487. The molecule has 0 radical (unpaired) electrons. The molecule has 0 spiro atoms. The minimum absolute atomic E-state index is 0.0188. The average molecular weight is 663 g/mol. The molecule has 11 rings (SSSR count). The Bertz CT molecular complexity index is 2960. The molecule has 1 heterocycles. The summed E-state index contributed by atoms with van der Waals surface area (Å²) in [6.07, 6.45) is 0. The van der Waals surface area contributed by atoms with Gasteiger partial charge in [-0.15, -0.1) is 0 Å². The molecule has 0 amide bonds. The van der Waals surface area contributed by atoms with Crippen molar-refractivity contribution in [2.24, 2.45) is 0 Å². The smallest absolute Gasteiger partial charge is 0.135 e. The summed E-state index contributed by atoms with van der Waals surface area (Å²) in [4.78, 5) is 0. The van der Waals surface area contributed by atoms with Gasteiger partial charge in [-0.3, -0.25) is 0 Å². The number of benzene rings is 9. The van der Waals surface area contributed by atoms with Crippen molar-refractivity contribution in [1.29, 1.82) is 0 Å². The molecule has 1 nitrogen and oxygen atoms in total. The second-order valence-corrected chi connectivity index (χ2v) is 14.9. The second-order valence-electron chi connectivity index (χ2n) is 14.9. The van der Waals surface area contributed by atoms with Crippen molar-refractivity contribution in [3.8, 4) is 67.1 Å². The Hall–Kier alpha value is -6.44. The van der Waals surface area contributed by atoms with Crippen LogP contribution in [0.4, 0.5) is 0 Å². The quantitative estimate of drug-likeness (QED) is 0.183. The summed E-state index contributed by atoms with van der Waals surface area (Å²) >= 11 is 0. The average Bonchev–Trinajstić information content (AvgIpc) is 3.41. The summed E-state index contributed by atoms with van der Waals surface area (Å²) < 4.78 is 6.60. The largest absolute Gasteiger partial charge is 0.456 e. The normalized spacial score (nSPS) is 13.5. The molecule has 0 saturated carbocycles. The van der Waals surface area contributed by atoms with E-state index in [0.717, 1.165) is 17.1 Å². The Kier molecular flexibility index (Phi) is 6.08. The fraction of sp³-hybridized carbons (Fsp3) is 0.0588. The van der Waals surface area contributed by atoms with E-state index >= 15 is 0 Å². The van der Waals surface area contributed by atoms with Gasteiger partial charge in [0.25, 0.3) is 0 Å². The highest BCUT2D eigenvalue weighted by Crippen LogP contribution is 2.51. The molecule has 0 bridgehead atoms. The van der Waals surface area contributed by atoms with Crippen LogP contribution in [0.2, 0.25) is 0 Å². The predicted molar refractivity (Wildman–Crippen MR) is 218 cm³/mol. The minimum Gasteiger partial charge on any atom is -0.456 e. The third-order valence-corrected chi connectivity index (χ3v) is 11.6. The van der Waals surface area contributed by atoms with Crippen LogP contribution >= 0.6 is 0 Å². The second kappa shape index (κ2) is 10.8. The Labute approximate surface area is 303 Å². The molecule has 52 heavy (non-hydrogen) atoms. The first-order valence-electron chi connectivity index (χ1n) is 18.2. The lowest BCUT2D eigenvalue weighted by atomic mass is 9.82. The number of ether oxygens (including phenoxy) is 1. The lowest BCUT2D eigenvalue weighted by Crippen LogP contribution is -2.14. The van der Waals surface area contributed by atoms with E-state index in [0.29, 0.717) is 0 Å². The molecule has 0 unspecified atom stereocenters. The molecule has 0 N–H and O–H groups in total. The van der Waals surface area contributed by atoms with Crippen molar-refractivity contribution in [3.63, 3.8) is 0 Å². The first kappa shape index (κ1) is 29.3. The maximum atomic E-state index is 6.60. The molecule has 2 aliphatic rings. The first-order valence-corrected chi connectivity index (χ1v) is 18.2. The van der Waals surface area contributed by atoms with Gasteiger partial charge in [0.15, 0.2) is 0 Å². The minimum atomic E-state index is -0.0188. The Morgan fingerprint density at radius 1 is 0.346 bits per heavy atom. The molecule has 1 heteroatoms. The van der Waals surface area contributed by atoms with E-state index in [-0.39, 0.29) is 5.41 Å². The highest BCUT2D eigenvalue weighted by atomic mass is 16.5. The van der Waals surface area contributed by atoms with Crippen molar-refractivity contribution in [3.05, 3.63) is 181 Å². The Morgan fingerprint density at radius 3 is 1.90 bits per heavy atom. The SMILES string of the molecule is CC1(C)c2ccccc2-c2cc3ccc(-c4cccc(-c5ccc6c(c5)-c5cccc7c(-c8ccc9ccccc9c8)ccc(c57)O6)c4)cc3cc21. The zero-order valence-corrected chi connectivity index (χ0v) is 29.1. The lowest BCUT2D eigenvalue weighted by Gasteiger charge is -2.23. The molecular formula is C51H34O. The monoisotopic (exact) mass is 662 g/mol. The fourth-order valence-electron chi connectivity index (χ4n) is 8.92. The van der Waals surface area contributed by atoms with E-state index < -0.39 is 0 Å². The first-order chi connectivity index (χ1) is 25.5. The molecule has 9 aromatic carbocycles. The van der Waals surface area contributed by atoms with Crippen molar-refractivity contribution >= 4 is 32.3 Å². The summed E-state index contributed by atoms with van der Waals surface area (Å²) in [6, 6.07) is 62.5. The molecule has 0 fully saturated rings. The highest BCUT2D eigenvalue weighted by Gasteiger charge is 2.35. The van der Waals surface area contributed by atoms with E-state index in [1.165, 1.54) is 93.5 Å². The van der Waals surface area contributed by atoms with E-state index in [2.05, 4.69) is 184 Å². The Morgan fingerprint density at radius 2 is 1.00 bits per heavy atom. The zero-order valence-electron chi connectivity index (χ0n) is 29.1. The summed E-state index contributed by atoms with van der Waals surface area (Å²) in [5.74, 6) is 1.80. The van der Waals surface area contributed by atoms with Gasteiger partial charge in [-0.1, -0.05) is 135 Å². The summed E-state index contributed by atoms with van der Waals surface area (Å²) in [5.41, 5.74) is 15.1. The summed E-state index contributed by atoms with van der Waals surface area (Å²) in [7, 11) is 0. The van der Waals surface area contributed by atoms with Crippen LogP contribution in [0.1, 0.15) is 25.0 Å². The zero-order chi connectivity index (χ0) is 34.6. The van der Waals surface area contributed by atoms with Gasteiger partial charge in [-0.2, -0.15) is 0 Å². The van der Waals surface area contributed by atoms with Gasteiger partial charge in [0.2, 0.25) is 0 Å². The third kappa shape index (κ3) is 4.29. The van der Waals surface area contributed by atoms with Gasteiger partial charge in [-0.05, 0) is 137 Å². The van der Waals surface area contributed by atoms with Crippen LogP contribution in [0, 0.1) is 0 Å². The highest BCUT2D eigenvalue weighted by molar-refractivity contribution is 6.10. The number of rotatable bonds is 3. The van der Waals surface area contributed by atoms with Gasteiger partial charge >= 0.3 is 0 Å². The van der Waals surface area contributed by atoms with Crippen LogP contribution in [0.15, 0.2) is 170 Å². The number of hydrogen-bond acceptors (Lipinski definition) is 1. The van der Waals surface area contributed by atoms with E-state index in [4.69, 9.17) is 4.74 Å². The number of fused-ring (bicyclic) bond motifs is 7. The van der Waals surface area contributed by atoms with Crippen molar-refractivity contribution in [2.45, 2.75) is 19.3 Å². The summed E-state index contributed by atoms with van der Waals surface area (Å²) in [5, 5.41) is 7.43. The van der Waals surface area contributed by atoms with Gasteiger partial charge in [0, 0.05) is 16.4 Å². The van der Waals surface area contributed by atoms with Crippen LogP contribution in [0.25, 0.3) is 88.0 Å². The Balaban J connectivity index is 0.981. The molecular weight excluding hydrogens is 629 g/mol. The molecule has 0 saturated heterocycles. The van der Waals surface area contributed by atoms with Crippen molar-refractivity contribution in [1.82, 2.24) is 0 Å². The van der Waals surface area contributed by atoms with Crippen molar-refractivity contribution < 1.29 is 4.74 Å². The third-order valence-electron chi connectivity index (χ3n) is 11.6. The van der Waals surface area contributed by atoms with Crippen LogP contribution in [-0.2, 0) is 5.41 Å². The van der Waals surface area contributed by atoms with Crippen LogP contribution in [0.3, 0.4) is 0 Å². The predicted octanol–water partition coefficient (Wildman–Crippen LogP) is 14.2. The standard InChI is InChI=1S/C51H34O/c1-51(2)46-16-6-5-13-41(46)44-28-37-19-18-35(27-39(37)30-47(44)51)33-11-7-12-34(25-33)36-21-23-48-45(29-36)43-15-8-14-42-40(22-24-49(52-48)50(42)43)38-20-17-31-9-3-4-10-32(31)26-38/h3-30H,1-2H3. The molecule has 9 aromatic rings. The fourth-order valence-corrected chi connectivity index (χ4v) is 8.92. The molecule has 244 valence electrons. The molecule has 1 aliphatic heterocycles. The summed E-state index contributed by atoms with van der Waals surface area (Å²) in [6.45, 7) is 4.70. The molecule has 0 aromatic heterocycles. The molecule has 0 atom stereocenters. The van der Waals surface area contributed by atoms with E-state index in [9.17, 15) is 0 Å². The van der Waals surface area contributed by atoms with Gasteiger partial charge in [0.1, 0.15) is 11.5 Å².